The van der Waals surface area contributed by atoms with E-state index in [1.165, 1.54) is 0 Å². The maximum absolute atomic E-state index is 5.60. The van der Waals surface area contributed by atoms with Crippen LogP contribution in [0.2, 0.25) is 0 Å². The molecule has 0 spiro atoms. The first-order valence-electron chi connectivity index (χ1n) is 5.54. The summed E-state index contributed by atoms with van der Waals surface area (Å²) in [7, 11) is 1.75. The summed E-state index contributed by atoms with van der Waals surface area (Å²) in [6, 6.07) is 0.570. The predicted octanol–water partition coefficient (Wildman–Crippen LogP) is 1.33. The van der Waals surface area contributed by atoms with Crippen molar-refractivity contribution in [1.82, 2.24) is 4.90 Å². The van der Waals surface area contributed by atoms with E-state index in [1.54, 1.807) is 7.11 Å². The maximum atomic E-state index is 5.60. The Morgan fingerprint density at radius 1 is 1.29 bits per heavy atom. The number of nitrogens with zero attached hydrogens (tertiary/aromatic N) is 1. The fourth-order valence-electron chi connectivity index (χ4n) is 1.60. The molecule has 0 amide bonds. The molecule has 1 unspecified atom stereocenters. The van der Waals surface area contributed by atoms with Gasteiger partial charge in [-0.15, -0.1) is 0 Å². The summed E-state index contributed by atoms with van der Waals surface area (Å²) in [6.45, 7) is 10.4. The SMILES string of the molecule is COCCC(C)N(CCN)CC(C)C. The van der Waals surface area contributed by atoms with Crippen LogP contribution in [0.5, 0.6) is 0 Å². The zero-order chi connectivity index (χ0) is 11.0. The van der Waals surface area contributed by atoms with Gasteiger partial charge in [-0.25, -0.2) is 0 Å². The van der Waals surface area contributed by atoms with Crippen molar-refractivity contribution in [1.29, 1.82) is 0 Å². The molecule has 1 atom stereocenters. The Labute approximate surface area is 88.6 Å². The molecule has 3 heteroatoms. The normalized spacial score (nSPS) is 13.9. The summed E-state index contributed by atoms with van der Waals surface area (Å²) in [5.74, 6) is 0.701. The summed E-state index contributed by atoms with van der Waals surface area (Å²) in [6.07, 6.45) is 1.09. The minimum Gasteiger partial charge on any atom is -0.385 e. The Hall–Kier alpha value is -0.120. The third-order valence-electron chi connectivity index (χ3n) is 2.38. The van der Waals surface area contributed by atoms with Gasteiger partial charge in [0.05, 0.1) is 0 Å². The van der Waals surface area contributed by atoms with E-state index in [4.69, 9.17) is 10.5 Å². The Morgan fingerprint density at radius 3 is 2.36 bits per heavy atom. The van der Waals surface area contributed by atoms with Crippen LogP contribution >= 0.6 is 0 Å². The summed E-state index contributed by atoms with van der Waals surface area (Å²) in [5.41, 5.74) is 5.60. The van der Waals surface area contributed by atoms with Crippen LogP contribution in [0.1, 0.15) is 27.2 Å². The van der Waals surface area contributed by atoms with Crippen molar-refractivity contribution in [2.75, 3.05) is 33.4 Å². The van der Waals surface area contributed by atoms with Gasteiger partial charge >= 0.3 is 0 Å². The van der Waals surface area contributed by atoms with Crippen LogP contribution < -0.4 is 5.73 Å². The van der Waals surface area contributed by atoms with Crippen LogP contribution in [0, 0.1) is 5.92 Å². The second-order valence-corrected chi connectivity index (χ2v) is 4.31. The number of hydrogen-bond donors (Lipinski definition) is 1. The van der Waals surface area contributed by atoms with Gasteiger partial charge in [0.25, 0.3) is 0 Å². The van der Waals surface area contributed by atoms with E-state index in [-0.39, 0.29) is 0 Å². The van der Waals surface area contributed by atoms with E-state index in [9.17, 15) is 0 Å². The molecular formula is C11H26N2O. The molecule has 0 saturated carbocycles. The lowest BCUT2D eigenvalue weighted by atomic mass is 10.1. The molecule has 0 aromatic rings. The molecule has 0 aliphatic heterocycles. The molecule has 0 aliphatic rings. The van der Waals surface area contributed by atoms with Crippen molar-refractivity contribution in [3.05, 3.63) is 0 Å². The molecule has 14 heavy (non-hydrogen) atoms. The van der Waals surface area contributed by atoms with Crippen molar-refractivity contribution < 1.29 is 4.74 Å². The fraction of sp³-hybridized carbons (Fsp3) is 1.00. The molecule has 0 radical (unpaired) electrons. The zero-order valence-corrected chi connectivity index (χ0v) is 10.1. The first kappa shape index (κ1) is 13.9. The molecule has 0 saturated heterocycles. The van der Waals surface area contributed by atoms with Crippen LogP contribution in [-0.4, -0.2) is 44.3 Å². The lowest BCUT2D eigenvalue weighted by Crippen LogP contribution is -2.40. The highest BCUT2D eigenvalue weighted by Crippen LogP contribution is 2.07. The molecule has 3 nitrogen and oxygen atoms in total. The molecule has 0 aliphatic carbocycles. The second-order valence-electron chi connectivity index (χ2n) is 4.31. The lowest BCUT2D eigenvalue weighted by molar-refractivity contribution is 0.131. The summed E-state index contributed by atoms with van der Waals surface area (Å²) in [5, 5.41) is 0. The molecule has 0 bridgehead atoms. The maximum Gasteiger partial charge on any atom is 0.0477 e. The van der Waals surface area contributed by atoms with E-state index < -0.39 is 0 Å². The van der Waals surface area contributed by atoms with Crippen LogP contribution in [0.15, 0.2) is 0 Å². The number of methoxy groups -OCH3 is 1. The topological polar surface area (TPSA) is 38.5 Å². The summed E-state index contributed by atoms with van der Waals surface area (Å²) < 4.78 is 5.09. The van der Waals surface area contributed by atoms with Crippen molar-refractivity contribution in [3.8, 4) is 0 Å². The Bertz CT molecular complexity index is 128. The highest BCUT2D eigenvalue weighted by Gasteiger charge is 2.13. The molecule has 0 heterocycles. The average Bonchev–Trinajstić information content (AvgIpc) is 2.13. The minimum absolute atomic E-state index is 0.570. The van der Waals surface area contributed by atoms with Crippen molar-refractivity contribution in [3.63, 3.8) is 0 Å². The van der Waals surface area contributed by atoms with Gasteiger partial charge in [-0.05, 0) is 19.3 Å². The lowest BCUT2D eigenvalue weighted by Gasteiger charge is -2.30. The average molecular weight is 202 g/mol. The minimum atomic E-state index is 0.570. The Kier molecular flexibility index (Phi) is 8.14. The largest absolute Gasteiger partial charge is 0.385 e. The van der Waals surface area contributed by atoms with Gasteiger partial charge in [-0.3, -0.25) is 4.90 Å². The van der Waals surface area contributed by atoms with Gasteiger partial charge in [0.15, 0.2) is 0 Å². The van der Waals surface area contributed by atoms with Crippen molar-refractivity contribution in [2.24, 2.45) is 11.7 Å². The van der Waals surface area contributed by atoms with Gasteiger partial charge in [-0.2, -0.15) is 0 Å². The van der Waals surface area contributed by atoms with Gasteiger partial charge in [0.1, 0.15) is 0 Å². The molecule has 2 N–H and O–H groups in total. The molecule has 0 rings (SSSR count). The third kappa shape index (κ3) is 6.35. The van der Waals surface area contributed by atoms with E-state index in [2.05, 4.69) is 25.7 Å². The number of hydrogen-bond acceptors (Lipinski definition) is 3. The second kappa shape index (κ2) is 8.21. The summed E-state index contributed by atoms with van der Waals surface area (Å²) >= 11 is 0. The van der Waals surface area contributed by atoms with E-state index in [0.29, 0.717) is 12.0 Å². The number of ether oxygens (including phenoxy) is 1. The van der Waals surface area contributed by atoms with Gasteiger partial charge in [-0.1, -0.05) is 13.8 Å². The number of nitrogens with two attached hydrogens (primary N) is 1. The molecule has 0 aromatic heterocycles. The highest BCUT2D eigenvalue weighted by atomic mass is 16.5. The first-order valence-corrected chi connectivity index (χ1v) is 5.54. The predicted molar refractivity (Wildman–Crippen MR) is 61.4 cm³/mol. The Balaban J connectivity index is 3.90. The van der Waals surface area contributed by atoms with E-state index in [1.807, 2.05) is 0 Å². The van der Waals surface area contributed by atoms with Crippen molar-refractivity contribution in [2.45, 2.75) is 33.2 Å². The molecule has 86 valence electrons. The fourth-order valence-corrected chi connectivity index (χ4v) is 1.60. The highest BCUT2D eigenvalue weighted by molar-refractivity contribution is 4.68. The van der Waals surface area contributed by atoms with Crippen LogP contribution in [-0.2, 0) is 4.74 Å². The quantitative estimate of drug-likeness (QED) is 0.645. The zero-order valence-electron chi connectivity index (χ0n) is 10.1. The summed E-state index contributed by atoms with van der Waals surface area (Å²) in [4.78, 5) is 2.45. The third-order valence-corrected chi connectivity index (χ3v) is 2.38. The van der Waals surface area contributed by atoms with Crippen LogP contribution in [0.4, 0.5) is 0 Å². The standard InChI is InChI=1S/C11H26N2O/c1-10(2)9-13(7-6-12)11(3)5-8-14-4/h10-11H,5-9,12H2,1-4H3. The van der Waals surface area contributed by atoms with Gasteiger partial charge in [0, 0.05) is 39.4 Å². The van der Waals surface area contributed by atoms with E-state index in [0.717, 1.165) is 32.7 Å². The molecular weight excluding hydrogens is 176 g/mol. The molecule has 0 fully saturated rings. The van der Waals surface area contributed by atoms with Crippen LogP contribution in [0.3, 0.4) is 0 Å². The first-order chi connectivity index (χ1) is 6.61. The van der Waals surface area contributed by atoms with Gasteiger partial charge < -0.3 is 10.5 Å². The molecule has 0 aromatic carbocycles. The monoisotopic (exact) mass is 202 g/mol. The van der Waals surface area contributed by atoms with Crippen molar-refractivity contribution >= 4 is 0 Å². The van der Waals surface area contributed by atoms with Crippen LogP contribution in [0.25, 0.3) is 0 Å². The number of rotatable bonds is 8. The van der Waals surface area contributed by atoms with E-state index >= 15 is 0 Å². The van der Waals surface area contributed by atoms with Gasteiger partial charge in [0.2, 0.25) is 0 Å². The smallest absolute Gasteiger partial charge is 0.0477 e. The Morgan fingerprint density at radius 2 is 1.93 bits per heavy atom.